The second-order valence-electron chi connectivity index (χ2n) is 7.18. The van der Waals surface area contributed by atoms with Crippen molar-refractivity contribution in [2.24, 2.45) is 0 Å². The molecule has 0 saturated heterocycles. The molecular formula is C22H27NO3. The molecule has 2 aromatic carbocycles. The molecule has 2 aromatic rings. The van der Waals surface area contributed by atoms with E-state index < -0.39 is 6.10 Å². The lowest BCUT2D eigenvalue weighted by molar-refractivity contribution is -0.139. The van der Waals surface area contributed by atoms with E-state index in [0.717, 1.165) is 24.0 Å². The molecule has 1 aliphatic rings. The van der Waals surface area contributed by atoms with Crippen LogP contribution in [-0.2, 0) is 17.9 Å². The number of carbonyl (C=O) groups excluding carboxylic acids is 1. The number of rotatable bonds is 7. The molecule has 1 aliphatic carbocycles. The molecule has 138 valence electrons. The maximum Gasteiger partial charge on any atom is 0.263 e. The lowest BCUT2D eigenvalue weighted by atomic mass is 10.1. The van der Waals surface area contributed by atoms with Gasteiger partial charge in [-0.15, -0.1) is 0 Å². The highest BCUT2D eigenvalue weighted by atomic mass is 16.5. The fourth-order valence-electron chi connectivity index (χ4n) is 3.08. The van der Waals surface area contributed by atoms with Gasteiger partial charge < -0.3 is 14.7 Å². The molecule has 4 nitrogen and oxygen atoms in total. The maximum atomic E-state index is 13.0. The van der Waals surface area contributed by atoms with Crippen LogP contribution in [0.15, 0.2) is 42.5 Å². The van der Waals surface area contributed by atoms with E-state index in [1.54, 1.807) is 13.0 Å². The van der Waals surface area contributed by atoms with Crippen LogP contribution in [0.5, 0.6) is 5.75 Å². The van der Waals surface area contributed by atoms with Crippen molar-refractivity contribution in [1.82, 2.24) is 4.90 Å². The van der Waals surface area contributed by atoms with Gasteiger partial charge in [-0.25, -0.2) is 0 Å². The van der Waals surface area contributed by atoms with Gasteiger partial charge in [-0.2, -0.15) is 0 Å². The third kappa shape index (κ3) is 4.44. The van der Waals surface area contributed by atoms with Gasteiger partial charge in [0.15, 0.2) is 6.10 Å². The van der Waals surface area contributed by atoms with Crippen LogP contribution >= 0.6 is 0 Å². The van der Waals surface area contributed by atoms with Crippen molar-refractivity contribution in [3.63, 3.8) is 0 Å². The van der Waals surface area contributed by atoms with E-state index in [4.69, 9.17) is 4.74 Å². The second kappa shape index (κ2) is 7.92. The van der Waals surface area contributed by atoms with E-state index in [1.165, 1.54) is 11.1 Å². The zero-order chi connectivity index (χ0) is 18.7. The summed E-state index contributed by atoms with van der Waals surface area (Å²) in [7, 11) is 0. The fourth-order valence-corrected chi connectivity index (χ4v) is 3.08. The molecule has 1 fully saturated rings. The molecule has 0 radical (unpaired) electrons. The Morgan fingerprint density at radius 2 is 1.92 bits per heavy atom. The lowest BCUT2D eigenvalue weighted by Crippen LogP contribution is -2.41. The van der Waals surface area contributed by atoms with Crippen molar-refractivity contribution in [2.45, 2.75) is 58.9 Å². The molecular weight excluding hydrogens is 326 g/mol. The minimum Gasteiger partial charge on any atom is -0.481 e. The number of aliphatic hydroxyl groups excluding tert-OH is 1. The Kier molecular flexibility index (Phi) is 5.62. The SMILES string of the molecule is Cc1ccc(CN(C(=O)C(C)Oc2cccc(CO)c2)C2CC2)cc1C. The highest BCUT2D eigenvalue weighted by Gasteiger charge is 2.35. The van der Waals surface area contributed by atoms with Gasteiger partial charge in [0, 0.05) is 12.6 Å². The molecule has 1 N–H and O–H groups in total. The third-order valence-electron chi connectivity index (χ3n) is 4.94. The lowest BCUT2D eigenvalue weighted by Gasteiger charge is -2.26. The Morgan fingerprint density at radius 1 is 1.15 bits per heavy atom. The summed E-state index contributed by atoms with van der Waals surface area (Å²) in [5, 5.41) is 9.25. The van der Waals surface area contributed by atoms with Crippen molar-refractivity contribution in [3.8, 4) is 5.75 Å². The Bertz CT molecular complexity index is 783. The van der Waals surface area contributed by atoms with Crippen LogP contribution < -0.4 is 4.74 Å². The maximum absolute atomic E-state index is 13.0. The monoisotopic (exact) mass is 353 g/mol. The number of hydrogen-bond donors (Lipinski definition) is 1. The van der Waals surface area contributed by atoms with E-state index in [-0.39, 0.29) is 12.5 Å². The average Bonchev–Trinajstić information content (AvgIpc) is 3.47. The number of carbonyl (C=O) groups is 1. The summed E-state index contributed by atoms with van der Waals surface area (Å²) < 4.78 is 5.86. The van der Waals surface area contributed by atoms with Crippen molar-refractivity contribution in [3.05, 3.63) is 64.7 Å². The molecule has 0 spiro atoms. The molecule has 1 atom stereocenters. The summed E-state index contributed by atoms with van der Waals surface area (Å²) in [4.78, 5) is 14.9. The first-order valence-electron chi connectivity index (χ1n) is 9.21. The predicted molar refractivity (Wildman–Crippen MR) is 102 cm³/mol. The van der Waals surface area contributed by atoms with E-state index in [9.17, 15) is 9.90 Å². The smallest absolute Gasteiger partial charge is 0.263 e. The highest BCUT2D eigenvalue weighted by molar-refractivity contribution is 5.81. The van der Waals surface area contributed by atoms with Gasteiger partial charge in [0.2, 0.25) is 0 Å². The zero-order valence-electron chi connectivity index (χ0n) is 15.7. The molecule has 26 heavy (non-hydrogen) atoms. The molecule has 1 amide bonds. The van der Waals surface area contributed by atoms with E-state index >= 15 is 0 Å². The number of ether oxygens (including phenoxy) is 1. The number of amides is 1. The van der Waals surface area contributed by atoms with Crippen LogP contribution in [0, 0.1) is 13.8 Å². The van der Waals surface area contributed by atoms with Crippen molar-refractivity contribution >= 4 is 5.91 Å². The van der Waals surface area contributed by atoms with Gasteiger partial charge in [0.1, 0.15) is 5.75 Å². The van der Waals surface area contributed by atoms with Gasteiger partial charge in [-0.1, -0.05) is 30.3 Å². The normalized spacial score (nSPS) is 14.8. The summed E-state index contributed by atoms with van der Waals surface area (Å²) >= 11 is 0. The second-order valence-corrected chi connectivity index (χ2v) is 7.18. The van der Waals surface area contributed by atoms with E-state index in [0.29, 0.717) is 18.3 Å². The first-order valence-corrected chi connectivity index (χ1v) is 9.21. The van der Waals surface area contributed by atoms with Gasteiger partial charge in [-0.05, 0) is 68.0 Å². The number of aryl methyl sites for hydroxylation is 2. The van der Waals surface area contributed by atoms with Crippen molar-refractivity contribution < 1.29 is 14.6 Å². The molecule has 3 rings (SSSR count). The van der Waals surface area contributed by atoms with Crippen molar-refractivity contribution in [1.29, 1.82) is 0 Å². The average molecular weight is 353 g/mol. The Labute approximate surface area is 155 Å². The molecule has 1 unspecified atom stereocenters. The van der Waals surface area contributed by atoms with Gasteiger partial charge >= 0.3 is 0 Å². The summed E-state index contributed by atoms with van der Waals surface area (Å²) in [6, 6.07) is 13.9. The summed E-state index contributed by atoms with van der Waals surface area (Å²) in [6.45, 7) is 6.57. The third-order valence-corrected chi connectivity index (χ3v) is 4.94. The number of hydrogen-bond acceptors (Lipinski definition) is 3. The molecule has 1 saturated carbocycles. The van der Waals surface area contributed by atoms with Crippen LogP contribution in [0.25, 0.3) is 0 Å². The standard InChI is InChI=1S/C22H27NO3/c1-15-7-8-18(11-16(15)2)13-23(20-9-10-20)22(25)17(3)26-21-6-4-5-19(12-21)14-24/h4-8,11-12,17,20,24H,9-10,13-14H2,1-3H3. The topological polar surface area (TPSA) is 49.8 Å². The van der Waals surface area contributed by atoms with Crippen LogP contribution in [-0.4, -0.2) is 28.1 Å². The molecule has 4 heteroatoms. The molecule has 0 bridgehead atoms. The summed E-state index contributed by atoms with van der Waals surface area (Å²) in [6.07, 6.45) is 1.56. The Morgan fingerprint density at radius 3 is 2.58 bits per heavy atom. The quantitative estimate of drug-likeness (QED) is 0.825. The predicted octanol–water partition coefficient (Wildman–Crippen LogP) is 3.75. The van der Waals surface area contributed by atoms with E-state index in [1.807, 2.05) is 23.1 Å². The van der Waals surface area contributed by atoms with Crippen LogP contribution in [0.1, 0.15) is 42.0 Å². The Hall–Kier alpha value is -2.33. The molecule has 0 aliphatic heterocycles. The van der Waals surface area contributed by atoms with E-state index in [2.05, 4.69) is 32.0 Å². The number of nitrogens with zero attached hydrogens (tertiary/aromatic N) is 1. The minimum absolute atomic E-state index is 0.0140. The largest absolute Gasteiger partial charge is 0.481 e. The number of benzene rings is 2. The first-order chi connectivity index (χ1) is 12.5. The summed E-state index contributed by atoms with van der Waals surface area (Å²) in [5.74, 6) is 0.624. The fraction of sp³-hybridized carbons (Fsp3) is 0.409. The summed E-state index contributed by atoms with van der Waals surface area (Å²) in [5.41, 5.74) is 4.44. The molecule has 0 aromatic heterocycles. The van der Waals surface area contributed by atoms with Crippen LogP contribution in [0.3, 0.4) is 0 Å². The van der Waals surface area contributed by atoms with Crippen LogP contribution in [0.2, 0.25) is 0 Å². The van der Waals surface area contributed by atoms with Crippen molar-refractivity contribution in [2.75, 3.05) is 0 Å². The minimum atomic E-state index is -0.559. The van der Waals surface area contributed by atoms with Gasteiger partial charge in [-0.3, -0.25) is 4.79 Å². The highest BCUT2D eigenvalue weighted by Crippen LogP contribution is 2.30. The number of aliphatic hydroxyl groups is 1. The zero-order valence-corrected chi connectivity index (χ0v) is 15.7. The van der Waals surface area contributed by atoms with Gasteiger partial charge in [0.25, 0.3) is 5.91 Å². The van der Waals surface area contributed by atoms with Gasteiger partial charge in [0.05, 0.1) is 6.61 Å². The van der Waals surface area contributed by atoms with Crippen LogP contribution in [0.4, 0.5) is 0 Å². The Balaban J connectivity index is 1.70. The molecule has 0 heterocycles. The first kappa shape index (κ1) is 18.5.